The molecule has 0 aliphatic carbocycles. The molecule has 1 aliphatic rings. The Bertz CT molecular complexity index is 516. The maximum absolute atomic E-state index is 12.0. The molecule has 0 unspecified atom stereocenters. The molecule has 0 atom stereocenters. The molecule has 1 aliphatic heterocycles. The second-order valence-corrected chi connectivity index (χ2v) is 5.48. The Hall–Kier alpha value is -2.04. The lowest BCUT2D eigenvalue weighted by molar-refractivity contribution is -0.150. The number of carbonyl (C=O) groups is 2. The molecule has 1 heterocycles. The van der Waals surface area contributed by atoms with Gasteiger partial charge in [-0.15, -0.1) is 0 Å². The summed E-state index contributed by atoms with van der Waals surface area (Å²) in [7, 11) is 0. The number of nitrogens with zero attached hydrogens (tertiary/aromatic N) is 2. The quantitative estimate of drug-likeness (QED) is 0.802. The lowest BCUT2D eigenvalue weighted by Gasteiger charge is -2.33. The van der Waals surface area contributed by atoms with E-state index in [2.05, 4.69) is 0 Å². The van der Waals surface area contributed by atoms with E-state index in [4.69, 9.17) is 5.73 Å². The molecule has 0 saturated carbocycles. The first-order valence-electron chi connectivity index (χ1n) is 7.50. The minimum atomic E-state index is 0.0515. The van der Waals surface area contributed by atoms with Gasteiger partial charge in [-0.05, 0) is 37.0 Å². The van der Waals surface area contributed by atoms with E-state index in [0.29, 0.717) is 13.1 Å². The standard InChI is InChI=1S/C16H23N3O2/c1-2-8-18-11-16(21)19(12-15(18)20)9-4-6-13-5-3-7-14(17)10-13/h3,5,7,10H,2,4,6,8-9,11-12,17H2,1H3. The van der Waals surface area contributed by atoms with Crippen LogP contribution < -0.4 is 5.73 Å². The monoisotopic (exact) mass is 289 g/mol. The summed E-state index contributed by atoms with van der Waals surface area (Å²) in [5, 5.41) is 0. The number of hydrogen-bond donors (Lipinski definition) is 1. The number of nitrogen functional groups attached to an aromatic ring is 1. The summed E-state index contributed by atoms with van der Waals surface area (Å²) in [5.74, 6) is 0.107. The fourth-order valence-electron chi connectivity index (χ4n) is 2.60. The molecule has 1 aromatic rings. The van der Waals surface area contributed by atoms with Gasteiger partial charge in [-0.3, -0.25) is 9.59 Å². The number of nitrogens with two attached hydrogens (primary N) is 1. The lowest BCUT2D eigenvalue weighted by Crippen LogP contribution is -2.54. The predicted molar refractivity (Wildman–Crippen MR) is 82.6 cm³/mol. The Morgan fingerprint density at radius 3 is 2.38 bits per heavy atom. The molecule has 2 amide bonds. The average molecular weight is 289 g/mol. The van der Waals surface area contributed by atoms with Crippen molar-refractivity contribution in [2.45, 2.75) is 26.2 Å². The van der Waals surface area contributed by atoms with Crippen molar-refractivity contribution in [1.29, 1.82) is 0 Å². The predicted octanol–water partition coefficient (Wildman–Crippen LogP) is 1.28. The molecule has 2 rings (SSSR count). The molecular formula is C16H23N3O2. The fraction of sp³-hybridized carbons (Fsp3) is 0.500. The van der Waals surface area contributed by atoms with Crippen LogP contribution in [0.15, 0.2) is 24.3 Å². The van der Waals surface area contributed by atoms with Crippen molar-refractivity contribution in [3.05, 3.63) is 29.8 Å². The molecule has 5 nitrogen and oxygen atoms in total. The van der Waals surface area contributed by atoms with Crippen LogP contribution >= 0.6 is 0 Å². The highest BCUT2D eigenvalue weighted by Crippen LogP contribution is 2.11. The second-order valence-electron chi connectivity index (χ2n) is 5.48. The summed E-state index contributed by atoms with van der Waals surface area (Å²) in [6, 6.07) is 7.77. The summed E-state index contributed by atoms with van der Waals surface area (Å²) < 4.78 is 0. The first-order valence-corrected chi connectivity index (χ1v) is 7.50. The molecule has 0 bridgehead atoms. The normalized spacial score (nSPS) is 15.7. The highest BCUT2D eigenvalue weighted by atomic mass is 16.2. The molecule has 5 heteroatoms. The van der Waals surface area contributed by atoms with E-state index < -0.39 is 0 Å². The molecule has 21 heavy (non-hydrogen) atoms. The van der Waals surface area contributed by atoms with E-state index in [1.807, 2.05) is 31.2 Å². The summed E-state index contributed by atoms with van der Waals surface area (Å²) in [6.07, 6.45) is 2.59. The molecule has 0 spiro atoms. The van der Waals surface area contributed by atoms with E-state index in [0.717, 1.165) is 24.9 Å². The van der Waals surface area contributed by atoms with E-state index >= 15 is 0 Å². The topological polar surface area (TPSA) is 66.6 Å². The van der Waals surface area contributed by atoms with Gasteiger partial charge in [-0.1, -0.05) is 19.1 Å². The minimum Gasteiger partial charge on any atom is -0.399 e. The van der Waals surface area contributed by atoms with Gasteiger partial charge in [-0.2, -0.15) is 0 Å². The van der Waals surface area contributed by atoms with Crippen molar-refractivity contribution in [3.63, 3.8) is 0 Å². The van der Waals surface area contributed by atoms with E-state index in [1.54, 1.807) is 9.80 Å². The third kappa shape index (κ3) is 4.21. The summed E-state index contributed by atoms with van der Waals surface area (Å²) in [5.41, 5.74) is 7.66. The van der Waals surface area contributed by atoms with Crippen molar-refractivity contribution in [1.82, 2.24) is 9.80 Å². The number of rotatable bonds is 6. The summed E-state index contributed by atoms with van der Waals surface area (Å²) >= 11 is 0. The number of anilines is 1. The van der Waals surface area contributed by atoms with Crippen LogP contribution in [0, 0.1) is 0 Å². The zero-order valence-corrected chi connectivity index (χ0v) is 12.5. The minimum absolute atomic E-state index is 0.0515. The van der Waals surface area contributed by atoms with E-state index in [-0.39, 0.29) is 24.9 Å². The van der Waals surface area contributed by atoms with Gasteiger partial charge in [0, 0.05) is 18.8 Å². The van der Waals surface area contributed by atoms with Crippen molar-refractivity contribution in [3.8, 4) is 0 Å². The van der Waals surface area contributed by atoms with E-state index in [1.165, 1.54) is 5.56 Å². The molecule has 1 fully saturated rings. The third-order valence-corrected chi connectivity index (χ3v) is 3.70. The lowest BCUT2D eigenvalue weighted by atomic mass is 10.1. The Morgan fingerprint density at radius 2 is 1.76 bits per heavy atom. The molecule has 1 saturated heterocycles. The molecule has 0 radical (unpaired) electrons. The maximum Gasteiger partial charge on any atom is 0.242 e. The zero-order valence-electron chi connectivity index (χ0n) is 12.5. The van der Waals surface area contributed by atoms with Crippen molar-refractivity contribution in [2.75, 3.05) is 31.9 Å². The van der Waals surface area contributed by atoms with Gasteiger partial charge in [0.2, 0.25) is 11.8 Å². The van der Waals surface area contributed by atoms with Gasteiger partial charge in [0.05, 0.1) is 13.1 Å². The van der Waals surface area contributed by atoms with Crippen LogP contribution in [0.1, 0.15) is 25.3 Å². The fourth-order valence-corrected chi connectivity index (χ4v) is 2.60. The van der Waals surface area contributed by atoms with Gasteiger partial charge < -0.3 is 15.5 Å². The van der Waals surface area contributed by atoms with Gasteiger partial charge in [-0.25, -0.2) is 0 Å². The number of amides is 2. The van der Waals surface area contributed by atoms with E-state index in [9.17, 15) is 9.59 Å². The smallest absolute Gasteiger partial charge is 0.242 e. The molecule has 1 aromatic carbocycles. The summed E-state index contributed by atoms with van der Waals surface area (Å²) in [6.45, 7) is 3.75. The SMILES string of the molecule is CCCN1CC(=O)N(CCCc2cccc(N)c2)CC1=O. The second kappa shape index (κ2) is 7.11. The highest BCUT2D eigenvalue weighted by molar-refractivity contribution is 5.92. The van der Waals surface area contributed by atoms with Gasteiger partial charge in [0.15, 0.2) is 0 Å². The number of carbonyl (C=O) groups excluding carboxylic acids is 2. The molecule has 0 aromatic heterocycles. The first-order chi connectivity index (χ1) is 10.1. The molecule has 114 valence electrons. The number of piperazine rings is 1. The maximum atomic E-state index is 12.0. The van der Waals surface area contributed by atoms with Crippen molar-refractivity contribution in [2.24, 2.45) is 0 Å². The van der Waals surface area contributed by atoms with Crippen molar-refractivity contribution < 1.29 is 9.59 Å². The Morgan fingerprint density at radius 1 is 1.10 bits per heavy atom. The Balaban J connectivity index is 1.81. The highest BCUT2D eigenvalue weighted by Gasteiger charge is 2.28. The van der Waals surface area contributed by atoms with Gasteiger partial charge in [0.25, 0.3) is 0 Å². The van der Waals surface area contributed by atoms with Crippen molar-refractivity contribution >= 4 is 17.5 Å². The van der Waals surface area contributed by atoms with Gasteiger partial charge in [0.1, 0.15) is 0 Å². The van der Waals surface area contributed by atoms with Crippen LogP contribution in [0.25, 0.3) is 0 Å². The third-order valence-electron chi connectivity index (χ3n) is 3.70. The average Bonchev–Trinajstić information content (AvgIpc) is 2.44. The van der Waals surface area contributed by atoms with Crippen LogP contribution in [-0.2, 0) is 16.0 Å². The van der Waals surface area contributed by atoms with Crippen LogP contribution in [0.3, 0.4) is 0 Å². The number of benzene rings is 1. The Kier molecular flexibility index (Phi) is 5.20. The van der Waals surface area contributed by atoms with Crippen LogP contribution in [0.2, 0.25) is 0 Å². The number of hydrogen-bond acceptors (Lipinski definition) is 3. The Labute approximate surface area is 125 Å². The number of aryl methyl sites for hydroxylation is 1. The largest absolute Gasteiger partial charge is 0.399 e. The van der Waals surface area contributed by atoms with Crippen LogP contribution in [-0.4, -0.2) is 47.8 Å². The van der Waals surface area contributed by atoms with Crippen LogP contribution in [0.4, 0.5) is 5.69 Å². The van der Waals surface area contributed by atoms with Crippen LogP contribution in [0.5, 0.6) is 0 Å². The summed E-state index contributed by atoms with van der Waals surface area (Å²) in [4.78, 5) is 27.3. The zero-order chi connectivity index (χ0) is 15.2. The molecule has 2 N–H and O–H groups in total. The first kappa shape index (κ1) is 15.4. The molecular weight excluding hydrogens is 266 g/mol. The van der Waals surface area contributed by atoms with Gasteiger partial charge >= 0.3 is 0 Å².